The van der Waals surface area contributed by atoms with Gasteiger partial charge in [-0.3, -0.25) is 0 Å². The minimum Gasteiger partial charge on any atom is -0.426 e. The van der Waals surface area contributed by atoms with Crippen molar-refractivity contribution in [2.24, 2.45) is 0 Å². The van der Waals surface area contributed by atoms with Crippen LogP contribution in [-0.4, -0.2) is 29.2 Å². The summed E-state index contributed by atoms with van der Waals surface area (Å²) in [4.78, 5) is 13.5. The quantitative estimate of drug-likeness (QED) is 0.472. The molecule has 0 bridgehead atoms. The van der Waals surface area contributed by atoms with Crippen LogP contribution in [-0.2, 0) is 4.94 Å². The molecule has 0 fully saturated rings. The molecule has 7 heteroatoms. The van der Waals surface area contributed by atoms with Crippen LogP contribution >= 0.6 is 0 Å². The van der Waals surface area contributed by atoms with Crippen molar-refractivity contribution in [1.82, 2.24) is 5.32 Å². The number of carbonyl (C=O) groups excluding carboxylic acids is 1. The van der Waals surface area contributed by atoms with E-state index >= 15 is 0 Å². The Balaban J connectivity index is 2.46. The lowest BCUT2D eigenvalue weighted by atomic mass is 9.76. The van der Waals surface area contributed by atoms with E-state index in [9.17, 15) is 9.32 Å². The van der Waals surface area contributed by atoms with Crippen molar-refractivity contribution in [1.29, 1.82) is 0 Å². The summed E-state index contributed by atoms with van der Waals surface area (Å²) in [7, 11) is -1.73. The molecule has 1 aliphatic carbocycles. The predicted molar refractivity (Wildman–Crippen MR) is 51.3 cm³/mol. The van der Waals surface area contributed by atoms with Crippen molar-refractivity contribution in [3.8, 4) is 0 Å². The molecule has 0 aromatic heterocycles. The highest BCUT2D eigenvalue weighted by molar-refractivity contribution is 6.43. The maximum atomic E-state index is 11.4. The predicted octanol–water partition coefficient (Wildman–Crippen LogP) is 0.478. The summed E-state index contributed by atoms with van der Waals surface area (Å²) in [5, 5.41) is 19.9. The van der Waals surface area contributed by atoms with E-state index in [1.807, 2.05) is 11.4 Å². The van der Waals surface area contributed by atoms with E-state index < -0.39 is 19.2 Å². The summed E-state index contributed by atoms with van der Waals surface area (Å²) in [6.07, 6.45) is 3.82. The molecular formula is C8H13BFNO4. The highest BCUT2D eigenvalue weighted by Crippen LogP contribution is 2.22. The summed E-state index contributed by atoms with van der Waals surface area (Å²) in [6.45, 7) is 0. The standard InChI is InChI=1S/C8H13BFNO4/c10-15-8(12)11-7(9(13)14)5-6-3-1-2-4-6/h3,7,13-14H,1-2,4-5H2,(H,11,12). The molecule has 0 radical (unpaired) electrons. The number of carbonyl (C=O) groups is 1. The fourth-order valence-corrected chi connectivity index (χ4v) is 1.61. The zero-order chi connectivity index (χ0) is 11.3. The molecule has 1 atom stereocenters. The van der Waals surface area contributed by atoms with Gasteiger partial charge in [0.25, 0.3) is 0 Å². The number of halogens is 1. The minimum absolute atomic E-state index is 0.298. The van der Waals surface area contributed by atoms with Gasteiger partial charge in [0.05, 0.1) is 5.94 Å². The summed E-state index contributed by atoms with van der Waals surface area (Å²) >= 11 is 0. The van der Waals surface area contributed by atoms with Crippen LogP contribution in [0.25, 0.3) is 0 Å². The average molecular weight is 217 g/mol. The zero-order valence-corrected chi connectivity index (χ0v) is 8.15. The van der Waals surface area contributed by atoms with Crippen molar-refractivity contribution in [3.63, 3.8) is 0 Å². The van der Waals surface area contributed by atoms with Gasteiger partial charge in [-0.1, -0.05) is 11.6 Å². The van der Waals surface area contributed by atoms with Gasteiger partial charge in [0.2, 0.25) is 0 Å². The molecule has 0 aromatic rings. The van der Waals surface area contributed by atoms with Gasteiger partial charge >= 0.3 is 13.2 Å². The number of hydrogen-bond donors (Lipinski definition) is 3. The second kappa shape index (κ2) is 5.72. The van der Waals surface area contributed by atoms with E-state index in [1.165, 1.54) is 0 Å². The molecule has 0 aromatic carbocycles. The third kappa shape index (κ3) is 3.89. The molecule has 1 rings (SSSR count). The Morgan fingerprint density at radius 2 is 2.47 bits per heavy atom. The summed E-state index contributed by atoms with van der Waals surface area (Å²) in [5.41, 5.74) is 1.03. The van der Waals surface area contributed by atoms with E-state index in [4.69, 9.17) is 10.0 Å². The van der Waals surface area contributed by atoms with E-state index in [0.29, 0.717) is 6.42 Å². The van der Waals surface area contributed by atoms with Gasteiger partial charge < -0.3 is 15.4 Å². The third-order valence-corrected chi connectivity index (χ3v) is 2.35. The van der Waals surface area contributed by atoms with Crippen molar-refractivity contribution in [3.05, 3.63) is 11.6 Å². The second-order valence-corrected chi connectivity index (χ2v) is 3.49. The van der Waals surface area contributed by atoms with Crippen LogP contribution in [0, 0.1) is 0 Å². The normalized spacial score (nSPS) is 16.9. The minimum atomic E-state index is -1.73. The molecule has 0 saturated heterocycles. The van der Waals surface area contributed by atoms with E-state index in [0.717, 1.165) is 24.8 Å². The summed E-state index contributed by atoms with van der Waals surface area (Å²) in [6, 6.07) is 0. The monoisotopic (exact) mass is 217 g/mol. The maximum Gasteiger partial charge on any atom is 0.475 e. The molecule has 5 nitrogen and oxygen atoms in total. The van der Waals surface area contributed by atoms with Crippen molar-refractivity contribution in [2.75, 3.05) is 0 Å². The Labute approximate surface area is 87.0 Å². The first kappa shape index (κ1) is 12.0. The Morgan fingerprint density at radius 3 is 2.93 bits per heavy atom. The largest absolute Gasteiger partial charge is 0.475 e. The number of rotatable bonds is 4. The molecular weight excluding hydrogens is 204 g/mol. The van der Waals surface area contributed by atoms with E-state index in [2.05, 4.69) is 4.94 Å². The molecule has 0 aliphatic heterocycles. The second-order valence-electron chi connectivity index (χ2n) is 3.49. The zero-order valence-electron chi connectivity index (χ0n) is 8.15. The van der Waals surface area contributed by atoms with Crippen LogP contribution in [0.2, 0.25) is 0 Å². The van der Waals surface area contributed by atoms with Gasteiger partial charge in [-0.25, -0.2) is 9.74 Å². The molecule has 1 amide bonds. The highest BCUT2D eigenvalue weighted by Gasteiger charge is 2.27. The molecule has 15 heavy (non-hydrogen) atoms. The van der Waals surface area contributed by atoms with Gasteiger partial charge in [0, 0.05) is 4.53 Å². The van der Waals surface area contributed by atoms with Crippen molar-refractivity contribution < 1.29 is 24.3 Å². The van der Waals surface area contributed by atoms with Gasteiger partial charge in [-0.05, 0) is 25.7 Å². The molecule has 0 heterocycles. The van der Waals surface area contributed by atoms with Crippen LogP contribution in [0.5, 0.6) is 0 Å². The highest BCUT2D eigenvalue weighted by atomic mass is 19.3. The van der Waals surface area contributed by atoms with Gasteiger partial charge in [0.15, 0.2) is 0 Å². The van der Waals surface area contributed by atoms with Crippen molar-refractivity contribution in [2.45, 2.75) is 31.6 Å². The molecule has 84 valence electrons. The number of hydrogen-bond acceptors (Lipinski definition) is 4. The van der Waals surface area contributed by atoms with Crippen LogP contribution < -0.4 is 5.32 Å². The average Bonchev–Trinajstić information content (AvgIpc) is 2.69. The lowest BCUT2D eigenvalue weighted by molar-refractivity contribution is -0.0630. The maximum absolute atomic E-state index is 11.4. The molecule has 0 spiro atoms. The Kier molecular flexibility index (Phi) is 4.58. The molecule has 1 aliphatic rings. The topological polar surface area (TPSA) is 78.8 Å². The first-order chi connectivity index (χ1) is 7.13. The molecule has 1 unspecified atom stereocenters. The van der Waals surface area contributed by atoms with E-state index in [-0.39, 0.29) is 0 Å². The van der Waals surface area contributed by atoms with E-state index in [1.54, 1.807) is 0 Å². The first-order valence-corrected chi connectivity index (χ1v) is 4.76. The lowest BCUT2D eigenvalue weighted by Gasteiger charge is -2.16. The Hall–Kier alpha value is -1.08. The number of amides is 1. The number of nitrogens with one attached hydrogen (secondary N) is 1. The SMILES string of the molecule is O=C(NC(CC1=CCCC1)B(O)O)OF. The van der Waals surface area contributed by atoms with Crippen LogP contribution in [0.4, 0.5) is 9.32 Å². The lowest BCUT2D eigenvalue weighted by Crippen LogP contribution is -2.46. The van der Waals surface area contributed by atoms with Gasteiger partial charge in [-0.2, -0.15) is 0 Å². The van der Waals surface area contributed by atoms with Gasteiger partial charge in [-0.15, -0.1) is 0 Å². The summed E-state index contributed by atoms with van der Waals surface area (Å²) < 4.78 is 11.4. The Morgan fingerprint density at radius 1 is 1.73 bits per heavy atom. The third-order valence-electron chi connectivity index (χ3n) is 2.35. The first-order valence-electron chi connectivity index (χ1n) is 4.76. The van der Waals surface area contributed by atoms with Crippen LogP contribution in [0.3, 0.4) is 0 Å². The van der Waals surface area contributed by atoms with Crippen molar-refractivity contribution >= 4 is 13.2 Å². The molecule has 0 saturated carbocycles. The number of allylic oxidation sites excluding steroid dienone is 1. The van der Waals surface area contributed by atoms with Crippen LogP contribution in [0.1, 0.15) is 25.7 Å². The Bertz CT molecular complexity index is 259. The van der Waals surface area contributed by atoms with Crippen LogP contribution in [0.15, 0.2) is 11.6 Å². The fourth-order valence-electron chi connectivity index (χ4n) is 1.61. The summed E-state index contributed by atoms with van der Waals surface area (Å²) in [5.74, 6) is -0.933. The molecule has 3 N–H and O–H groups in total. The fraction of sp³-hybridized carbons (Fsp3) is 0.625. The smallest absolute Gasteiger partial charge is 0.426 e. The van der Waals surface area contributed by atoms with Gasteiger partial charge in [0.1, 0.15) is 0 Å².